The van der Waals surface area contributed by atoms with Crippen molar-refractivity contribution in [1.29, 1.82) is 0 Å². The van der Waals surface area contributed by atoms with E-state index in [-0.39, 0.29) is 11.4 Å². The molecule has 0 bridgehead atoms. The molecule has 3 N–H and O–H groups in total. The summed E-state index contributed by atoms with van der Waals surface area (Å²) in [5.74, 6) is -0.466. The van der Waals surface area contributed by atoms with Crippen molar-refractivity contribution in [3.63, 3.8) is 0 Å². The van der Waals surface area contributed by atoms with Crippen molar-refractivity contribution in [2.45, 2.75) is 51.5 Å². The quantitative estimate of drug-likeness (QED) is 0.822. The van der Waals surface area contributed by atoms with Crippen LogP contribution in [0.1, 0.15) is 42.8 Å². The predicted molar refractivity (Wildman–Crippen MR) is 103 cm³/mol. The minimum absolute atomic E-state index is 0.0190. The van der Waals surface area contributed by atoms with E-state index < -0.39 is 11.9 Å². The molecule has 4 rings (SSSR count). The Morgan fingerprint density at radius 3 is 2.62 bits per heavy atom. The van der Waals surface area contributed by atoms with Gasteiger partial charge in [0.2, 0.25) is 5.91 Å². The molecule has 1 fully saturated rings. The van der Waals surface area contributed by atoms with Gasteiger partial charge in [-0.2, -0.15) is 0 Å². The number of thiazole rings is 2. The number of hydrogen-bond donors (Lipinski definition) is 2. The summed E-state index contributed by atoms with van der Waals surface area (Å²) < 4.78 is 0. The van der Waals surface area contributed by atoms with E-state index in [4.69, 9.17) is 10.7 Å². The third kappa shape index (κ3) is 2.88. The van der Waals surface area contributed by atoms with Crippen LogP contribution in [0.15, 0.2) is 0 Å². The van der Waals surface area contributed by atoms with Crippen LogP contribution in [0, 0.1) is 0 Å². The second kappa shape index (κ2) is 6.02. The number of hydrogen-bond acceptors (Lipinski definition) is 6. The molecule has 138 valence electrons. The fourth-order valence-corrected chi connectivity index (χ4v) is 5.31. The number of primary amides is 1. The van der Waals surface area contributed by atoms with E-state index in [0.717, 1.165) is 34.1 Å². The van der Waals surface area contributed by atoms with Gasteiger partial charge in [0, 0.05) is 16.8 Å². The Hall–Kier alpha value is -2.00. The molecule has 7 nitrogen and oxygen atoms in total. The van der Waals surface area contributed by atoms with Gasteiger partial charge in [-0.3, -0.25) is 10.1 Å². The Balaban J connectivity index is 1.57. The molecule has 2 aromatic heterocycles. The highest BCUT2D eigenvalue weighted by atomic mass is 32.1. The summed E-state index contributed by atoms with van der Waals surface area (Å²) in [5.41, 5.74) is 7.32. The molecule has 26 heavy (non-hydrogen) atoms. The molecule has 1 saturated heterocycles. The summed E-state index contributed by atoms with van der Waals surface area (Å²) in [7, 11) is 0. The van der Waals surface area contributed by atoms with Gasteiger partial charge in [0.15, 0.2) is 5.13 Å². The molecule has 1 atom stereocenters. The SMILES string of the molecule is CC(C)(C)c1nc2c(s1)CCc1nc(NC(=O)N3CC[C@H]3C(N)=O)sc1-2. The molecule has 3 amide bonds. The van der Waals surface area contributed by atoms with Crippen LogP contribution in [0.4, 0.5) is 9.93 Å². The molecular formula is C17H21N5O2S2. The maximum absolute atomic E-state index is 12.4. The molecule has 0 saturated carbocycles. The molecule has 9 heteroatoms. The number of aromatic nitrogens is 2. The molecule has 3 heterocycles. The number of aryl methyl sites for hydroxylation is 2. The van der Waals surface area contributed by atoms with Crippen molar-refractivity contribution in [3.05, 3.63) is 15.6 Å². The van der Waals surface area contributed by atoms with Crippen molar-refractivity contribution in [2.24, 2.45) is 5.73 Å². The topological polar surface area (TPSA) is 101 Å². The van der Waals surface area contributed by atoms with Crippen LogP contribution in [0.2, 0.25) is 0 Å². The number of fused-ring (bicyclic) bond motifs is 3. The second-order valence-corrected chi connectivity index (χ2v) is 9.75. The highest BCUT2D eigenvalue weighted by Gasteiger charge is 2.37. The molecule has 1 aliphatic heterocycles. The molecule has 1 aliphatic carbocycles. The molecule has 2 aliphatic rings. The lowest BCUT2D eigenvalue weighted by atomic mass is 9.98. The van der Waals surface area contributed by atoms with Crippen LogP contribution < -0.4 is 11.1 Å². The van der Waals surface area contributed by atoms with Crippen LogP contribution in [-0.4, -0.2) is 39.4 Å². The van der Waals surface area contributed by atoms with Gasteiger partial charge in [0.25, 0.3) is 0 Å². The lowest BCUT2D eigenvalue weighted by molar-refractivity contribution is -0.125. The van der Waals surface area contributed by atoms with Crippen LogP contribution in [0.5, 0.6) is 0 Å². The Morgan fingerprint density at radius 2 is 2.00 bits per heavy atom. The van der Waals surface area contributed by atoms with Crippen molar-refractivity contribution in [3.8, 4) is 10.6 Å². The number of carbonyl (C=O) groups excluding carboxylic acids is 2. The third-order valence-corrected chi connectivity index (χ3v) is 7.22. The highest BCUT2D eigenvalue weighted by Crippen LogP contribution is 2.43. The van der Waals surface area contributed by atoms with Crippen LogP contribution >= 0.6 is 22.7 Å². The zero-order chi connectivity index (χ0) is 18.6. The van der Waals surface area contributed by atoms with Crippen LogP contribution in [0.3, 0.4) is 0 Å². The largest absolute Gasteiger partial charge is 0.368 e. The fraction of sp³-hybridized carbons (Fsp3) is 0.529. The maximum atomic E-state index is 12.4. The highest BCUT2D eigenvalue weighted by molar-refractivity contribution is 7.20. The summed E-state index contributed by atoms with van der Waals surface area (Å²) in [4.78, 5) is 36.9. The summed E-state index contributed by atoms with van der Waals surface area (Å²) in [6.45, 7) is 7.03. The van der Waals surface area contributed by atoms with Crippen molar-refractivity contribution >= 4 is 39.7 Å². The van der Waals surface area contributed by atoms with Gasteiger partial charge >= 0.3 is 6.03 Å². The van der Waals surface area contributed by atoms with E-state index in [2.05, 4.69) is 31.1 Å². The molecular weight excluding hydrogens is 370 g/mol. The molecule has 2 aromatic rings. The molecule has 0 radical (unpaired) electrons. The number of nitrogens with two attached hydrogens (primary N) is 1. The number of urea groups is 1. The van der Waals surface area contributed by atoms with E-state index in [1.807, 2.05) is 0 Å². The first-order valence-corrected chi connectivity index (χ1v) is 10.2. The maximum Gasteiger partial charge on any atom is 0.324 e. The fourth-order valence-electron chi connectivity index (χ4n) is 3.10. The Bertz CT molecular complexity index is 896. The van der Waals surface area contributed by atoms with Gasteiger partial charge in [-0.1, -0.05) is 32.1 Å². The van der Waals surface area contributed by atoms with E-state index in [9.17, 15) is 9.59 Å². The summed E-state index contributed by atoms with van der Waals surface area (Å²) in [5, 5.41) is 4.49. The standard InChI is InChI=1S/C17H21N5O2S2/c1-17(2,3)14-20-11-10(25-14)5-4-8-12(11)26-15(19-8)21-16(24)22-7-6-9(22)13(18)23/h9H,4-7H2,1-3H3,(H2,18,23)(H,19,21,24)/t9-/m0/s1. The summed E-state index contributed by atoms with van der Waals surface area (Å²) >= 11 is 3.22. The van der Waals surface area contributed by atoms with Gasteiger partial charge < -0.3 is 10.6 Å². The monoisotopic (exact) mass is 391 g/mol. The average Bonchev–Trinajstić information content (AvgIpc) is 3.06. The number of nitrogens with one attached hydrogen (secondary N) is 1. The number of rotatable bonds is 2. The van der Waals surface area contributed by atoms with Gasteiger partial charge in [-0.15, -0.1) is 11.3 Å². The zero-order valence-electron chi connectivity index (χ0n) is 15.0. The average molecular weight is 392 g/mol. The normalized spacial score (nSPS) is 18.7. The van der Waals surface area contributed by atoms with Crippen LogP contribution in [-0.2, 0) is 23.1 Å². The van der Waals surface area contributed by atoms with E-state index >= 15 is 0 Å². The smallest absolute Gasteiger partial charge is 0.324 e. The lowest BCUT2D eigenvalue weighted by Gasteiger charge is -2.38. The second-order valence-electron chi connectivity index (χ2n) is 7.67. The summed E-state index contributed by atoms with van der Waals surface area (Å²) in [6.07, 6.45) is 2.41. The Morgan fingerprint density at radius 1 is 1.23 bits per heavy atom. The lowest BCUT2D eigenvalue weighted by Crippen LogP contribution is -2.58. The molecule has 0 aromatic carbocycles. The molecule has 0 spiro atoms. The Kier molecular flexibility index (Phi) is 4.03. The van der Waals surface area contributed by atoms with Gasteiger partial charge in [-0.25, -0.2) is 14.8 Å². The minimum atomic E-state index is -0.510. The number of likely N-dealkylation sites (tertiary alicyclic amines) is 1. The zero-order valence-corrected chi connectivity index (χ0v) is 16.6. The van der Waals surface area contributed by atoms with E-state index in [0.29, 0.717) is 18.1 Å². The summed E-state index contributed by atoms with van der Waals surface area (Å²) in [6, 6.07) is -0.830. The van der Waals surface area contributed by atoms with Crippen LogP contribution in [0.25, 0.3) is 10.6 Å². The van der Waals surface area contributed by atoms with E-state index in [1.54, 1.807) is 11.3 Å². The third-order valence-electron chi connectivity index (χ3n) is 4.66. The number of amides is 3. The number of nitrogens with zero attached hydrogens (tertiary/aromatic N) is 3. The predicted octanol–water partition coefficient (Wildman–Crippen LogP) is 2.75. The van der Waals surface area contributed by atoms with Gasteiger partial charge in [0.05, 0.1) is 21.3 Å². The van der Waals surface area contributed by atoms with E-state index in [1.165, 1.54) is 21.1 Å². The first kappa shape index (κ1) is 17.4. The first-order valence-electron chi connectivity index (χ1n) is 8.61. The van der Waals surface area contributed by atoms with Gasteiger partial charge in [0.1, 0.15) is 6.04 Å². The minimum Gasteiger partial charge on any atom is -0.368 e. The first-order chi connectivity index (χ1) is 12.2. The van der Waals surface area contributed by atoms with Gasteiger partial charge in [-0.05, 0) is 19.3 Å². The van der Waals surface area contributed by atoms with Crippen molar-refractivity contribution in [1.82, 2.24) is 14.9 Å². The Labute approximate surface area is 159 Å². The van der Waals surface area contributed by atoms with Crippen molar-refractivity contribution in [2.75, 3.05) is 11.9 Å². The molecule has 0 unspecified atom stereocenters. The number of anilines is 1. The number of carbonyl (C=O) groups is 2. The van der Waals surface area contributed by atoms with Crippen molar-refractivity contribution < 1.29 is 9.59 Å².